The van der Waals surface area contributed by atoms with Crippen LogP contribution in [0, 0.1) is 10.1 Å². The van der Waals surface area contributed by atoms with Gasteiger partial charge < -0.3 is 0 Å². The Morgan fingerprint density at radius 1 is 1.20 bits per heavy atom. The van der Waals surface area contributed by atoms with Crippen LogP contribution in [-0.2, 0) is 0 Å². The Kier molecular flexibility index (Phi) is 3.87. The molecular formula is C11H8ClN5O3. The molecule has 1 amide bonds. The van der Waals surface area contributed by atoms with Gasteiger partial charge in [-0.1, -0.05) is 11.6 Å². The molecule has 2 aromatic rings. The van der Waals surface area contributed by atoms with E-state index >= 15 is 0 Å². The van der Waals surface area contributed by atoms with Crippen LogP contribution in [0.4, 0.5) is 11.5 Å². The summed E-state index contributed by atoms with van der Waals surface area (Å²) in [6, 6.07) is 7.92. The maximum Gasteiger partial charge on any atom is 0.273 e. The van der Waals surface area contributed by atoms with Gasteiger partial charge in [0.25, 0.3) is 11.6 Å². The smallest absolute Gasteiger partial charge is 0.267 e. The number of carbonyl (C=O) groups is 1. The molecule has 0 saturated carbocycles. The van der Waals surface area contributed by atoms with Crippen molar-refractivity contribution in [2.45, 2.75) is 0 Å². The summed E-state index contributed by atoms with van der Waals surface area (Å²) >= 11 is 5.58. The Bertz CT molecular complexity index is 644. The van der Waals surface area contributed by atoms with Crippen molar-refractivity contribution in [3.63, 3.8) is 0 Å². The molecule has 0 aliphatic carbocycles. The van der Waals surface area contributed by atoms with E-state index in [1.54, 1.807) is 0 Å². The van der Waals surface area contributed by atoms with E-state index in [1.807, 2.05) is 0 Å². The second kappa shape index (κ2) is 5.59. The van der Waals surface area contributed by atoms with Crippen molar-refractivity contribution in [2.24, 2.45) is 5.84 Å². The third-order valence-electron chi connectivity index (χ3n) is 2.41. The number of hydrogen-bond acceptors (Lipinski definition) is 6. The zero-order valence-corrected chi connectivity index (χ0v) is 10.7. The van der Waals surface area contributed by atoms with Gasteiger partial charge in [-0.2, -0.15) is 0 Å². The van der Waals surface area contributed by atoms with Crippen LogP contribution < -0.4 is 10.9 Å². The summed E-state index contributed by atoms with van der Waals surface area (Å²) in [6.07, 6.45) is 0. The topological polar surface area (TPSA) is 115 Å². The van der Waals surface area contributed by atoms with E-state index in [4.69, 9.17) is 17.4 Å². The van der Waals surface area contributed by atoms with Crippen LogP contribution in [0.3, 0.4) is 0 Å². The zero-order valence-electron chi connectivity index (χ0n) is 9.93. The Morgan fingerprint density at radius 2 is 1.85 bits per heavy atom. The van der Waals surface area contributed by atoms with Gasteiger partial charge in [0, 0.05) is 17.7 Å². The fourth-order valence-corrected chi connectivity index (χ4v) is 1.51. The lowest BCUT2D eigenvalue weighted by Gasteiger charge is -2.14. The van der Waals surface area contributed by atoms with E-state index in [0.29, 0.717) is 0 Å². The number of amides is 1. The third kappa shape index (κ3) is 2.87. The van der Waals surface area contributed by atoms with E-state index in [9.17, 15) is 14.9 Å². The van der Waals surface area contributed by atoms with Crippen LogP contribution >= 0.6 is 11.6 Å². The molecule has 1 aromatic carbocycles. The van der Waals surface area contributed by atoms with Crippen LogP contribution in [0.2, 0.25) is 5.15 Å². The van der Waals surface area contributed by atoms with Crippen LogP contribution in [0.5, 0.6) is 0 Å². The molecule has 0 atom stereocenters. The Hall–Kier alpha value is -2.58. The summed E-state index contributed by atoms with van der Waals surface area (Å²) in [7, 11) is 0. The Balaban J connectivity index is 2.22. The number of nitrogens with two attached hydrogens (primary N) is 1. The highest BCUT2D eigenvalue weighted by Gasteiger charge is 2.17. The van der Waals surface area contributed by atoms with Crippen molar-refractivity contribution in [2.75, 3.05) is 5.01 Å². The van der Waals surface area contributed by atoms with Gasteiger partial charge in [0.15, 0.2) is 11.0 Å². The van der Waals surface area contributed by atoms with Gasteiger partial charge in [-0.15, -0.1) is 10.2 Å². The number of rotatable bonds is 3. The number of non-ortho nitro benzene ring substituents is 1. The molecule has 0 fully saturated rings. The summed E-state index contributed by atoms with van der Waals surface area (Å²) in [4.78, 5) is 22.0. The normalized spacial score (nSPS) is 10.1. The molecular weight excluding hydrogens is 286 g/mol. The lowest BCUT2D eigenvalue weighted by Crippen LogP contribution is -2.38. The quantitative estimate of drug-likeness (QED) is 0.397. The molecule has 0 unspecified atom stereocenters. The van der Waals surface area contributed by atoms with Crippen molar-refractivity contribution in [1.82, 2.24) is 10.2 Å². The first-order valence-corrected chi connectivity index (χ1v) is 5.69. The molecule has 1 heterocycles. The fourth-order valence-electron chi connectivity index (χ4n) is 1.41. The fraction of sp³-hybridized carbons (Fsp3) is 0. The van der Waals surface area contributed by atoms with E-state index in [0.717, 1.165) is 5.01 Å². The molecule has 0 spiro atoms. The molecule has 2 rings (SSSR count). The molecule has 8 nitrogen and oxygen atoms in total. The second-order valence-corrected chi connectivity index (χ2v) is 4.08. The van der Waals surface area contributed by atoms with Crippen molar-refractivity contribution in [3.05, 3.63) is 57.2 Å². The molecule has 0 aliphatic rings. The second-order valence-electron chi connectivity index (χ2n) is 3.69. The van der Waals surface area contributed by atoms with E-state index in [2.05, 4.69) is 10.2 Å². The van der Waals surface area contributed by atoms with Crippen LogP contribution in [0.1, 0.15) is 10.4 Å². The van der Waals surface area contributed by atoms with E-state index in [-0.39, 0.29) is 22.2 Å². The molecule has 0 aliphatic heterocycles. The van der Waals surface area contributed by atoms with Gasteiger partial charge >= 0.3 is 0 Å². The average Bonchev–Trinajstić information content (AvgIpc) is 2.46. The van der Waals surface area contributed by atoms with Crippen molar-refractivity contribution in [3.8, 4) is 0 Å². The van der Waals surface area contributed by atoms with E-state index < -0.39 is 10.8 Å². The summed E-state index contributed by atoms with van der Waals surface area (Å²) in [5.41, 5.74) is 0.0752. The van der Waals surface area contributed by atoms with Crippen LogP contribution in [0.15, 0.2) is 36.4 Å². The predicted molar refractivity (Wildman–Crippen MR) is 71.1 cm³/mol. The number of hydrogen-bond donors (Lipinski definition) is 1. The third-order valence-corrected chi connectivity index (χ3v) is 2.61. The van der Waals surface area contributed by atoms with Gasteiger partial charge in [0.2, 0.25) is 0 Å². The number of halogens is 1. The Labute approximate surface area is 117 Å². The molecule has 1 aromatic heterocycles. The van der Waals surface area contributed by atoms with Crippen molar-refractivity contribution < 1.29 is 9.72 Å². The van der Waals surface area contributed by atoms with Gasteiger partial charge in [0.1, 0.15) is 0 Å². The highest BCUT2D eigenvalue weighted by molar-refractivity contribution is 6.29. The number of nitro benzene ring substituents is 1. The Morgan fingerprint density at radius 3 is 2.35 bits per heavy atom. The van der Waals surface area contributed by atoms with Gasteiger partial charge in [-0.3, -0.25) is 14.9 Å². The van der Waals surface area contributed by atoms with Crippen LogP contribution in [0.25, 0.3) is 0 Å². The van der Waals surface area contributed by atoms with Crippen LogP contribution in [-0.4, -0.2) is 21.0 Å². The molecule has 0 bridgehead atoms. The van der Waals surface area contributed by atoms with Crippen molar-refractivity contribution >= 4 is 29.0 Å². The van der Waals surface area contributed by atoms with Crippen molar-refractivity contribution in [1.29, 1.82) is 0 Å². The maximum atomic E-state index is 12.0. The molecule has 2 N–H and O–H groups in total. The predicted octanol–water partition coefficient (Wildman–Crippen LogP) is 1.56. The van der Waals surface area contributed by atoms with E-state index in [1.165, 1.54) is 36.4 Å². The first-order valence-electron chi connectivity index (χ1n) is 5.32. The van der Waals surface area contributed by atoms with Gasteiger partial charge in [-0.25, -0.2) is 10.9 Å². The summed E-state index contributed by atoms with van der Waals surface area (Å²) < 4.78 is 0. The number of benzene rings is 1. The monoisotopic (exact) mass is 293 g/mol. The van der Waals surface area contributed by atoms with Gasteiger partial charge in [0.05, 0.1) is 4.92 Å². The standard InChI is InChI=1S/C11H8ClN5O3/c12-9-5-6-10(15-14-9)16(13)11(18)7-1-3-8(4-2-7)17(19)20/h1-6H,13H2. The molecule has 0 radical (unpaired) electrons. The SMILES string of the molecule is NN(C(=O)c1ccc([N+](=O)[O-])cc1)c1ccc(Cl)nn1. The summed E-state index contributed by atoms with van der Waals surface area (Å²) in [5, 5.41) is 18.7. The molecule has 20 heavy (non-hydrogen) atoms. The highest BCUT2D eigenvalue weighted by atomic mass is 35.5. The average molecular weight is 294 g/mol. The lowest BCUT2D eigenvalue weighted by atomic mass is 10.2. The molecule has 0 saturated heterocycles. The minimum atomic E-state index is -0.573. The summed E-state index contributed by atoms with van der Waals surface area (Å²) in [6.45, 7) is 0. The highest BCUT2D eigenvalue weighted by Crippen LogP contribution is 2.15. The number of nitrogens with zero attached hydrogens (tertiary/aromatic N) is 4. The number of hydrazine groups is 1. The number of nitro groups is 1. The van der Waals surface area contributed by atoms with Gasteiger partial charge in [-0.05, 0) is 24.3 Å². The number of anilines is 1. The maximum absolute atomic E-state index is 12.0. The largest absolute Gasteiger partial charge is 0.273 e. The first kappa shape index (κ1) is 13.8. The molecule has 102 valence electrons. The minimum Gasteiger partial charge on any atom is -0.267 e. The number of carbonyl (C=O) groups excluding carboxylic acids is 1. The first-order chi connectivity index (χ1) is 9.49. The summed E-state index contributed by atoms with van der Waals surface area (Å²) in [5.74, 6) is 5.16. The minimum absolute atomic E-state index is 0.109. The number of aromatic nitrogens is 2. The zero-order chi connectivity index (χ0) is 14.7. The lowest BCUT2D eigenvalue weighted by molar-refractivity contribution is -0.384. The molecule has 9 heteroatoms.